The zero-order chi connectivity index (χ0) is 18.1. The highest BCUT2D eigenvalue weighted by Gasteiger charge is 2.30. The van der Waals surface area contributed by atoms with Crippen LogP contribution in [0.4, 0.5) is 0 Å². The van der Waals surface area contributed by atoms with Crippen LogP contribution in [0.15, 0.2) is 58.4 Å². The van der Waals surface area contributed by atoms with E-state index in [-0.39, 0.29) is 29.2 Å². The van der Waals surface area contributed by atoms with Crippen molar-refractivity contribution in [1.29, 1.82) is 0 Å². The molecule has 7 heteroatoms. The largest absolute Gasteiger partial charge is 0.348 e. The van der Waals surface area contributed by atoms with Gasteiger partial charge in [-0.25, -0.2) is 8.42 Å². The number of rotatable bonds is 3. The molecule has 0 bridgehead atoms. The lowest BCUT2D eigenvalue weighted by atomic mass is 9.88. The Bertz CT molecular complexity index is 999. The van der Waals surface area contributed by atoms with Gasteiger partial charge in [0.15, 0.2) is 0 Å². The quantitative estimate of drug-likeness (QED) is 0.866. The SMILES string of the molecule is O=C(CN=C1NS(=O)(=O)c2ccccc21)N[C@H]1CCCc2ccccc21. The van der Waals surface area contributed by atoms with Crippen molar-refractivity contribution in [2.45, 2.75) is 30.2 Å². The van der Waals surface area contributed by atoms with E-state index in [1.165, 1.54) is 11.6 Å². The maximum absolute atomic E-state index is 12.4. The highest BCUT2D eigenvalue weighted by atomic mass is 32.2. The number of hydrogen-bond donors (Lipinski definition) is 2. The molecule has 2 aromatic carbocycles. The van der Waals surface area contributed by atoms with Crippen molar-refractivity contribution >= 4 is 21.8 Å². The summed E-state index contributed by atoms with van der Waals surface area (Å²) in [4.78, 5) is 16.7. The van der Waals surface area contributed by atoms with Crippen molar-refractivity contribution in [2.75, 3.05) is 6.54 Å². The van der Waals surface area contributed by atoms with Crippen molar-refractivity contribution in [3.8, 4) is 0 Å². The van der Waals surface area contributed by atoms with Crippen LogP contribution in [-0.4, -0.2) is 26.7 Å². The van der Waals surface area contributed by atoms with Crippen molar-refractivity contribution in [2.24, 2.45) is 4.99 Å². The van der Waals surface area contributed by atoms with Gasteiger partial charge >= 0.3 is 0 Å². The highest BCUT2D eigenvalue weighted by molar-refractivity contribution is 7.90. The molecule has 0 saturated carbocycles. The molecule has 1 aliphatic carbocycles. The van der Waals surface area contributed by atoms with Crippen LogP contribution in [0.2, 0.25) is 0 Å². The van der Waals surface area contributed by atoms with Crippen LogP contribution in [-0.2, 0) is 21.2 Å². The fraction of sp³-hybridized carbons (Fsp3) is 0.263. The average Bonchev–Trinajstić information content (AvgIpc) is 2.91. The van der Waals surface area contributed by atoms with E-state index in [1.54, 1.807) is 18.2 Å². The number of fused-ring (bicyclic) bond motifs is 2. The lowest BCUT2D eigenvalue weighted by Crippen LogP contribution is -2.33. The van der Waals surface area contributed by atoms with Crippen LogP contribution in [0, 0.1) is 0 Å². The molecule has 4 rings (SSSR count). The summed E-state index contributed by atoms with van der Waals surface area (Å²) in [5.74, 6) is 0.00239. The maximum atomic E-state index is 12.4. The summed E-state index contributed by atoms with van der Waals surface area (Å²) in [6, 6.07) is 14.7. The van der Waals surface area contributed by atoms with Crippen LogP contribution in [0.5, 0.6) is 0 Å². The molecule has 0 unspecified atom stereocenters. The first-order valence-corrected chi connectivity index (χ1v) is 10.1. The van der Waals surface area contributed by atoms with Gasteiger partial charge in [0.1, 0.15) is 12.4 Å². The lowest BCUT2D eigenvalue weighted by molar-refractivity contribution is -0.120. The molecule has 1 atom stereocenters. The van der Waals surface area contributed by atoms with Gasteiger partial charge in [-0.2, -0.15) is 0 Å². The number of benzene rings is 2. The third kappa shape index (κ3) is 3.10. The van der Waals surface area contributed by atoms with Gasteiger partial charge in [-0.3, -0.25) is 14.5 Å². The van der Waals surface area contributed by atoms with Gasteiger partial charge in [0, 0.05) is 5.56 Å². The minimum Gasteiger partial charge on any atom is -0.348 e. The number of amides is 1. The van der Waals surface area contributed by atoms with E-state index in [0.717, 1.165) is 24.8 Å². The number of aliphatic imine (C=N–C) groups is 1. The Labute approximate surface area is 152 Å². The number of nitrogens with one attached hydrogen (secondary N) is 2. The summed E-state index contributed by atoms with van der Waals surface area (Å²) < 4.78 is 26.6. The fourth-order valence-corrected chi connectivity index (χ4v) is 4.80. The van der Waals surface area contributed by atoms with E-state index in [2.05, 4.69) is 21.1 Å². The molecule has 6 nitrogen and oxygen atoms in total. The van der Waals surface area contributed by atoms with Crippen molar-refractivity contribution < 1.29 is 13.2 Å². The van der Waals surface area contributed by atoms with E-state index < -0.39 is 10.0 Å². The Hall–Kier alpha value is -2.67. The third-order valence-electron chi connectivity index (χ3n) is 4.75. The zero-order valence-corrected chi connectivity index (χ0v) is 14.9. The topological polar surface area (TPSA) is 87.6 Å². The van der Waals surface area contributed by atoms with Gasteiger partial charge in [0.05, 0.1) is 10.9 Å². The van der Waals surface area contributed by atoms with E-state index in [0.29, 0.717) is 5.56 Å². The smallest absolute Gasteiger partial charge is 0.263 e. The summed E-state index contributed by atoms with van der Waals surface area (Å²) in [6.45, 7) is -0.120. The fourth-order valence-electron chi connectivity index (χ4n) is 3.55. The molecule has 2 aliphatic rings. The number of carbonyl (C=O) groups excluding carboxylic acids is 1. The number of sulfonamides is 1. The minimum atomic E-state index is -3.58. The second-order valence-electron chi connectivity index (χ2n) is 6.48. The van der Waals surface area contributed by atoms with Crippen molar-refractivity contribution in [3.05, 3.63) is 65.2 Å². The Balaban J connectivity index is 1.48. The van der Waals surface area contributed by atoms with Gasteiger partial charge in [0.25, 0.3) is 10.0 Å². The predicted octanol–water partition coefficient (Wildman–Crippen LogP) is 1.92. The normalized spacial score (nSPS) is 21.5. The van der Waals surface area contributed by atoms with Crippen LogP contribution in [0.1, 0.15) is 35.6 Å². The Kier molecular flexibility index (Phi) is 4.24. The maximum Gasteiger partial charge on any atom is 0.263 e. The summed E-state index contributed by atoms with van der Waals surface area (Å²) in [6.07, 6.45) is 2.96. The van der Waals surface area contributed by atoms with Gasteiger partial charge in [-0.15, -0.1) is 0 Å². The van der Waals surface area contributed by atoms with Gasteiger partial charge < -0.3 is 5.32 Å². The standard InChI is InChI=1S/C19H19N3O3S/c23-18(21-16-10-5-7-13-6-1-2-8-14(13)16)12-20-19-15-9-3-4-11-17(15)26(24,25)22-19/h1-4,6,8-9,11,16H,5,7,10,12H2,(H,20,22)(H,21,23)/t16-/m0/s1. The lowest BCUT2D eigenvalue weighted by Gasteiger charge is -2.26. The highest BCUT2D eigenvalue weighted by Crippen LogP contribution is 2.29. The third-order valence-corrected chi connectivity index (χ3v) is 6.15. The zero-order valence-electron chi connectivity index (χ0n) is 14.1. The second kappa shape index (κ2) is 6.57. The molecule has 0 saturated heterocycles. The number of amidine groups is 1. The Morgan fingerprint density at radius 3 is 2.81 bits per heavy atom. The van der Waals surface area contributed by atoms with Gasteiger partial charge in [-0.1, -0.05) is 36.4 Å². The predicted molar refractivity (Wildman–Crippen MR) is 98.4 cm³/mol. The van der Waals surface area contributed by atoms with E-state index >= 15 is 0 Å². The molecule has 2 N–H and O–H groups in total. The second-order valence-corrected chi connectivity index (χ2v) is 8.13. The summed E-state index contributed by atoms with van der Waals surface area (Å²) in [5, 5.41) is 3.02. The molecule has 134 valence electrons. The molecule has 0 radical (unpaired) electrons. The Morgan fingerprint density at radius 2 is 1.92 bits per heavy atom. The van der Waals surface area contributed by atoms with E-state index in [9.17, 15) is 13.2 Å². The van der Waals surface area contributed by atoms with Crippen LogP contribution in [0.3, 0.4) is 0 Å². The summed E-state index contributed by atoms with van der Waals surface area (Å²) in [7, 11) is -3.58. The molecule has 0 spiro atoms. The summed E-state index contributed by atoms with van der Waals surface area (Å²) >= 11 is 0. The minimum absolute atomic E-state index is 0.0137. The molecule has 0 fully saturated rings. The van der Waals surface area contributed by atoms with E-state index in [4.69, 9.17) is 0 Å². The van der Waals surface area contributed by atoms with Crippen molar-refractivity contribution in [1.82, 2.24) is 10.0 Å². The molecule has 1 heterocycles. The molecule has 2 aromatic rings. The molecule has 0 aromatic heterocycles. The molecular weight excluding hydrogens is 350 g/mol. The monoisotopic (exact) mass is 369 g/mol. The van der Waals surface area contributed by atoms with Gasteiger partial charge in [0.2, 0.25) is 5.91 Å². The molecular formula is C19H19N3O3S. The first-order valence-electron chi connectivity index (χ1n) is 8.58. The van der Waals surface area contributed by atoms with Crippen molar-refractivity contribution in [3.63, 3.8) is 0 Å². The molecule has 1 amide bonds. The number of hydrogen-bond acceptors (Lipinski definition) is 4. The average molecular weight is 369 g/mol. The summed E-state index contributed by atoms with van der Waals surface area (Å²) in [5.41, 5.74) is 2.93. The Morgan fingerprint density at radius 1 is 1.15 bits per heavy atom. The first-order chi connectivity index (χ1) is 12.5. The molecule has 26 heavy (non-hydrogen) atoms. The van der Waals surface area contributed by atoms with Gasteiger partial charge in [-0.05, 0) is 42.5 Å². The van der Waals surface area contributed by atoms with Crippen LogP contribution >= 0.6 is 0 Å². The van der Waals surface area contributed by atoms with E-state index in [1.807, 2.05) is 18.2 Å². The number of carbonyl (C=O) groups is 1. The van der Waals surface area contributed by atoms with Crippen LogP contribution in [0.25, 0.3) is 0 Å². The number of nitrogens with zero attached hydrogens (tertiary/aromatic N) is 1. The molecule has 1 aliphatic heterocycles. The first kappa shape index (κ1) is 16.8. The van der Waals surface area contributed by atoms with Crippen LogP contribution < -0.4 is 10.0 Å². The number of aryl methyl sites for hydroxylation is 1.